The molecule has 0 aliphatic rings. The molecule has 0 saturated heterocycles. The second-order valence-corrected chi connectivity index (χ2v) is 5.10. The lowest BCUT2D eigenvalue weighted by Gasteiger charge is -2.03. The van der Waals surface area contributed by atoms with E-state index in [1.807, 2.05) is 17.8 Å². The number of carbonyl (C=O) groups is 1. The molecule has 7 nitrogen and oxygen atoms in total. The Balaban J connectivity index is 1.89. The van der Waals surface area contributed by atoms with Gasteiger partial charge in [-0.05, 0) is 39.2 Å². The van der Waals surface area contributed by atoms with E-state index < -0.39 is 5.97 Å². The SMILES string of the molecule is CCn1nc(C)cc1Cn1cc(CCCCC(=O)O)nn1. The van der Waals surface area contributed by atoms with Crippen LogP contribution in [0.1, 0.15) is 43.3 Å². The van der Waals surface area contributed by atoms with Crippen molar-refractivity contribution in [3.05, 3.63) is 29.3 Å². The average molecular weight is 291 g/mol. The zero-order valence-corrected chi connectivity index (χ0v) is 12.5. The first-order valence-electron chi connectivity index (χ1n) is 7.22. The Morgan fingerprint density at radius 1 is 1.38 bits per heavy atom. The first kappa shape index (κ1) is 15.2. The Morgan fingerprint density at radius 2 is 2.19 bits per heavy atom. The number of unbranched alkanes of at least 4 members (excludes halogenated alkanes) is 1. The molecule has 114 valence electrons. The van der Waals surface area contributed by atoms with Crippen LogP contribution in [0.2, 0.25) is 0 Å². The summed E-state index contributed by atoms with van der Waals surface area (Å²) in [5.41, 5.74) is 3.01. The van der Waals surface area contributed by atoms with Gasteiger partial charge in [-0.15, -0.1) is 5.10 Å². The first-order valence-corrected chi connectivity index (χ1v) is 7.22. The topological polar surface area (TPSA) is 85.8 Å². The van der Waals surface area contributed by atoms with Crippen LogP contribution in [0.15, 0.2) is 12.3 Å². The van der Waals surface area contributed by atoms with Crippen LogP contribution in [-0.2, 0) is 24.3 Å². The van der Waals surface area contributed by atoms with E-state index in [4.69, 9.17) is 5.11 Å². The molecule has 21 heavy (non-hydrogen) atoms. The van der Waals surface area contributed by atoms with Crippen LogP contribution < -0.4 is 0 Å². The van der Waals surface area contributed by atoms with Crippen molar-refractivity contribution >= 4 is 5.97 Å². The molecule has 0 fully saturated rings. The van der Waals surface area contributed by atoms with Gasteiger partial charge in [-0.2, -0.15) is 5.10 Å². The summed E-state index contributed by atoms with van der Waals surface area (Å²) in [4.78, 5) is 10.4. The van der Waals surface area contributed by atoms with Gasteiger partial charge in [0.05, 0.1) is 23.6 Å². The molecule has 7 heteroatoms. The van der Waals surface area contributed by atoms with Crippen LogP contribution in [0.3, 0.4) is 0 Å². The third-order valence-corrected chi connectivity index (χ3v) is 3.27. The van der Waals surface area contributed by atoms with Crippen molar-refractivity contribution < 1.29 is 9.90 Å². The number of aryl methyl sites for hydroxylation is 3. The number of aromatic nitrogens is 5. The number of aliphatic carboxylic acids is 1. The molecule has 0 aliphatic heterocycles. The van der Waals surface area contributed by atoms with E-state index in [0.717, 1.165) is 36.5 Å². The number of carboxylic acids is 1. The molecule has 0 unspecified atom stereocenters. The lowest BCUT2D eigenvalue weighted by Crippen LogP contribution is -2.08. The lowest BCUT2D eigenvalue weighted by atomic mass is 10.1. The monoisotopic (exact) mass is 291 g/mol. The predicted octanol–water partition coefficient (Wildman–Crippen LogP) is 1.65. The molecule has 0 radical (unpaired) electrons. The molecule has 0 saturated carbocycles. The van der Waals surface area contributed by atoms with Gasteiger partial charge in [-0.1, -0.05) is 5.21 Å². The highest BCUT2D eigenvalue weighted by atomic mass is 16.4. The fourth-order valence-electron chi connectivity index (χ4n) is 2.28. The Hall–Kier alpha value is -2.18. The van der Waals surface area contributed by atoms with Crippen LogP contribution in [0.4, 0.5) is 0 Å². The molecule has 0 bridgehead atoms. The Labute approximate surface area is 123 Å². The summed E-state index contributed by atoms with van der Waals surface area (Å²) in [6.45, 7) is 5.52. The van der Waals surface area contributed by atoms with Crippen LogP contribution in [0.25, 0.3) is 0 Å². The van der Waals surface area contributed by atoms with Gasteiger partial charge >= 0.3 is 5.97 Å². The normalized spacial score (nSPS) is 11.0. The Kier molecular flexibility index (Phi) is 5.08. The second kappa shape index (κ2) is 7.01. The van der Waals surface area contributed by atoms with E-state index in [1.165, 1.54) is 0 Å². The van der Waals surface area contributed by atoms with E-state index in [1.54, 1.807) is 4.68 Å². The maximum atomic E-state index is 10.4. The molecule has 2 rings (SSSR count). The van der Waals surface area contributed by atoms with Crippen molar-refractivity contribution in [2.24, 2.45) is 0 Å². The number of hydrogen-bond acceptors (Lipinski definition) is 4. The molecular formula is C14H21N5O2. The van der Waals surface area contributed by atoms with Gasteiger partial charge in [-0.3, -0.25) is 9.48 Å². The maximum Gasteiger partial charge on any atom is 0.303 e. The minimum Gasteiger partial charge on any atom is -0.481 e. The lowest BCUT2D eigenvalue weighted by molar-refractivity contribution is -0.137. The average Bonchev–Trinajstić information content (AvgIpc) is 3.01. The summed E-state index contributed by atoms with van der Waals surface area (Å²) < 4.78 is 3.76. The van der Waals surface area contributed by atoms with Gasteiger partial charge in [0.1, 0.15) is 0 Å². The number of hydrogen-bond donors (Lipinski definition) is 1. The largest absolute Gasteiger partial charge is 0.481 e. The van der Waals surface area contributed by atoms with Crippen molar-refractivity contribution in [1.82, 2.24) is 24.8 Å². The van der Waals surface area contributed by atoms with Gasteiger partial charge in [0.15, 0.2) is 0 Å². The highest BCUT2D eigenvalue weighted by Crippen LogP contribution is 2.08. The number of rotatable bonds is 8. The van der Waals surface area contributed by atoms with Crippen LogP contribution in [0, 0.1) is 6.92 Å². The summed E-state index contributed by atoms with van der Waals surface area (Å²) >= 11 is 0. The highest BCUT2D eigenvalue weighted by molar-refractivity contribution is 5.66. The van der Waals surface area contributed by atoms with Crippen molar-refractivity contribution in [2.75, 3.05) is 0 Å². The molecule has 0 amide bonds. The fourth-order valence-corrected chi connectivity index (χ4v) is 2.28. The summed E-state index contributed by atoms with van der Waals surface area (Å²) in [5.74, 6) is -0.748. The van der Waals surface area contributed by atoms with E-state index in [9.17, 15) is 4.79 Å². The van der Waals surface area contributed by atoms with Gasteiger partial charge in [0, 0.05) is 19.2 Å². The summed E-state index contributed by atoms with van der Waals surface area (Å²) in [6, 6.07) is 2.05. The molecule has 2 heterocycles. The Bertz CT molecular complexity index is 602. The second-order valence-electron chi connectivity index (χ2n) is 5.10. The van der Waals surface area contributed by atoms with E-state index in [-0.39, 0.29) is 6.42 Å². The van der Waals surface area contributed by atoms with E-state index in [0.29, 0.717) is 13.0 Å². The zero-order chi connectivity index (χ0) is 15.2. The molecule has 1 N–H and O–H groups in total. The first-order chi connectivity index (χ1) is 10.1. The molecule has 0 aromatic carbocycles. The third-order valence-electron chi connectivity index (χ3n) is 3.27. The predicted molar refractivity (Wildman–Crippen MR) is 77.0 cm³/mol. The fraction of sp³-hybridized carbons (Fsp3) is 0.571. The van der Waals surface area contributed by atoms with Crippen molar-refractivity contribution in [2.45, 2.75) is 52.6 Å². The quantitative estimate of drug-likeness (QED) is 0.747. The summed E-state index contributed by atoms with van der Waals surface area (Å²) in [7, 11) is 0. The molecular weight excluding hydrogens is 270 g/mol. The van der Waals surface area contributed by atoms with Gasteiger partial charge in [-0.25, -0.2) is 4.68 Å². The van der Waals surface area contributed by atoms with Crippen molar-refractivity contribution in [3.63, 3.8) is 0 Å². The zero-order valence-electron chi connectivity index (χ0n) is 12.5. The molecule has 0 aliphatic carbocycles. The van der Waals surface area contributed by atoms with Crippen LogP contribution >= 0.6 is 0 Å². The van der Waals surface area contributed by atoms with E-state index >= 15 is 0 Å². The van der Waals surface area contributed by atoms with Crippen LogP contribution in [0.5, 0.6) is 0 Å². The minimum absolute atomic E-state index is 0.211. The molecule has 0 atom stereocenters. The molecule has 2 aromatic rings. The van der Waals surface area contributed by atoms with Crippen molar-refractivity contribution in [1.29, 1.82) is 0 Å². The van der Waals surface area contributed by atoms with Gasteiger partial charge in [0.25, 0.3) is 0 Å². The maximum absolute atomic E-state index is 10.4. The highest BCUT2D eigenvalue weighted by Gasteiger charge is 2.07. The van der Waals surface area contributed by atoms with Gasteiger partial charge < -0.3 is 5.11 Å². The summed E-state index contributed by atoms with van der Waals surface area (Å²) in [6.07, 6.45) is 4.38. The summed E-state index contributed by atoms with van der Waals surface area (Å²) in [5, 5.41) is 21.2. The van der Waals surface area contributed by atoms with Gasteiger partial charge in [0.2, 0.25) is 0 Å². The molecule has 0 spiro atoms. The van der Waals surface area contributed by atoms with E-state index in [2.05, 4.69) is 28.4 Å². The third kappa shape index (κ3) is 4.40. The molecule has 2 aromatic heterocycles. The Morgan fingerprint density at radius 3 is 2.90 bits per heavy atom. The van der Waals surface area contributed by atoms with Crippen LogP contribution in [-0.4, -0.2) is 35.9 Å². The number of carboxylic acid groups (broad SMARTS) is 1. The minimum atomic E-state index is -0.748. The number of nitrogens with zero attached hydrogens (tertiary/aromatic N) is 5. The standard InChI is InChI=1S/C14H21N5O2/c1-3-19-13(8-11(2)16-19)10-18-9-12(15-17-18)6-4-5-7-14(20)21/h8-9H,3-7,10H2,1-2H3,(H,20,21). The van der Waals surface area contributed by atoms with Crippen molar-refractivity contribution in [3.8, 4) is 0 Å². The smallest absolute Gasteiger partial charge is 0.303 e.